The Balaban J connectivity index is 1.78. The Morgan fingerprint density at radius 3 is 2.47 bits per heavy atom. The molecule has 6 nitrogen and oxygen atoms in total. The first-order valence-electron chi connectivity index (χ1n) is 11.5. The second kappa shape index (κ2) is 10.4. The molecule has 0 aliphatic rings. The second-order valence-corrected chi connectivity index (χ2v) is 11.1. The minimum atomic E-state index is -0.402. The van der Waals surface area contributed by atoms with Crippen LogP contribution in [0.5, 0.6) is 5.75 Å². The summed E-state index contributed by atoms with van der Waals surface area (Å²) < 4.78 is 8.38. The molecule has 0 aliphatic carbocycles. The molecule has 0 N–H and O–H groups in total. The van der Waals surface area contributed by atoms with Crippen LogP contribution in [-0.4, -0.2) is 30.0 Å². The molecule has 3 aromatic carbocycles. The van der Waals surface area contributed by atoms with Gasteiger partial charge in [0.05, 0.1) is 17.1 Å². The van der Waals surface area contributed by atoms with Crippen LogP contribution in [0.25, 0.3) is 10.9 Å². The molecule has 1 aromatic heterocycles. The molecular weight excluding hydrogens is 540 g/mol. The van der Waals surface area contributed by atoms with E-state index in [2.05, 4.69) is 21.0 Å². The molecule has 0 amide bonds. The normalized spacial score (nSPS) is 11.9. The van der Waals surface area contributed by atoms with Gasteiger partial charge in [-0.1, -0.05) is 60.4 Å². The number of hydrogen-bond acceptors (Lipinski definition) is 5. The van der Waals surface area contributed by atoms with Gasteiger partial charge in [-0.05, 0) is 48.0 Å². The highest BCUT2D eigenvalue weighted by Crippen LogP contribution is 2.26. The first kappa shape index (κ1) is 25.9. The van der Waals surface area contributed by atoms with E-state index in [1.54, 1.807) is 12.3 Å². The Labute approximate surface area is 224 Å². The lowest BCUT2D eigenvalue weighted by Gasteiger charge is -2.21. The van der Waals surface area contributed by atoms with Crippen molar-refractivity contribution in [1.82, 2.24) is 9.66 Å². The van der Waals surface area contributed by atoms with Gasteiger partial charge in [0.2, 0.25) is 0 Å². The number of rotatable bonds is 6. The summed E-state index contributed by atoms with van der Waals surface area (Å²) in [5.41, 5.74) is 2.74. The summed E-state index contributed by atoms with van der Waals surface area (Å²) >= 11 is 9.46. The highest BCUT2D eigenvalue weighted by molar-refractivity contribution is 9.10. The van der Waals surface area contributed by atoms with E-state index >= 15 is 0 Å². The summed E-state index contributed by atoms with van der Waals surface area (Å²) in [6.07, 6.45) is 1.65. The summed E-state index contributed by atoms with van der Waals surface area (Å²) in [5, 5.41) is 5.79. The number of aromatic nitrogens is 2. The number of benzene rings is 3. The van der Waals surface area contributed by atoms with E-state index in [9.17, 15) is 4.79 Å². The SMILES string of the molecule is CN(C)c1ccc(C=Nn2c(C(C)(C)C)nc3ccc(Br)cc3c2=O)c(OCc2ccc(Cl)cc2)c1. The van der Waals surface area contributed by atoms with E-state index in [0.717, 1.165) is 21.3 Å². The largest absolute Gasteiger partial charge is 0.488 e. The molecule has 186 valence electrons. The van der Waals surface area contributed by atoms with E-state index in [4.69, 9.17) is 21.3 Å². The van der Waals surface area contributed by atoms with Gasteiger partial charge in [0, 0.05) is 46.3 Å². The molecule has 0 spiro atoms. The number of fused-ring (bicyclic) bond motifs is 1. The third-order valence-corrected chi connectivity index (χ3v) is 6.36. The standard InChI is InChI=1S/C28H28BrClN4O2/c1-28(2,3)27-32-24-13-9-20(29)14-23(24)26(35)34(27)31-16-19-8-12-22(33(4)5)15-25(19)36-17-18-6-10-21(30)11-7-18/h6-16H,17H2,1-5H3. The van der Waals surface area contributed by atoms with Gasteiger partial charge >= 0.3 is 0 Å². The van der Waals surface area contributed by atoms with Gasteiger partial charge in [0.15, 0.2) is 0 Å². The second-order valence-electron chi connectivity index (χ2n) is 9.74. The van der Waals surface area contributed by atoms with Gasteiger partial charge in [-0.25, -0.2) is 4.98 Å². The highest BCUT2D eigenvalue weighted by atomic mass is 79.9. The van der Waals surface area contributed by atoms with Crippen molar-refractivity contribution in [2.45, 2.75) is 32.8 Å². The summed E-state index contributed by atoms with van der Waals surface area (Å²) in [6.45, 7) is 6.40. The van der Waals surface area contributed by atoms with Crippen LogP contribution in [-0.2, 0) is 12.0 Å². The van der Waals surface area contributed by atoms with Crippen LogP contribution in [0.4, 0.5) is 5.69 Å². The zero-order valence-corrected chi connectivity index (χ0v) is 23.3. The smallest absolute Gasteiger partial charge is 0.282 e. The van der Waals surface area contributed by atoms with E-state index in [-0.39, 0.29) is 5.56 Å². The fourth-order valence-electron chi connectivity index (χ4n) is 3.64. The topological polar surface area (TPSA) is 59.7 Å². The number of halogens is 2. The molecule has 0 atom stereocenters. The average Bonchev–Trinajstić information content (AvgIpc) is 2.83. The zero-order chi connectivity index (χ0) is 26.0. The zero-order valence-electron chi connectivity index (χ0n) is 20.9. The van der Waals surface area contributed by atoms with E-state index in [1.807, 2.05) is 94.4 Å². The third-order valence-electron chi connectivity index (χ3n) is 5.61. The van der Waals surface area contributed by atoms with Crippen molar-refractivity contribution in [2.24, 2.45) is 5.10 Å². The van der Waals surface area contributed by atoms with E-state index in [1.165, 1.54) is 4.68 Å². The molecule has 1 heterocycles. The van der Waals surface area contributed by atoms with E-state index < -0.39 is 5.41 Å². The van der Waals surface area contributed by atoms with E-state index in [0.29, 0.717) is 34.1 Å². The van der Waals surface area contributed by atoms with Crippen LogP contribution in [0.15, 0.2) is 75.0 Å². The highest BCUT2D eigenvalue weighted by Gasteiger charge is 2.23. The van der Waals surface area contributed by atoms with Crippen molar-refractivity contribution < 1.29 is 4.74 Å². The molecule has 0 aliphatic heterocycles. The molecule has 0 saturated heterocycles. The first-order valence-corrected chi connectivity index (χ1v) is 12.7. The number of hydrogen-bond donors (Lipinski definition) is 0. The van der Waals surface area contributed by atoms with Gasteiger partial charge in [-0.3, -0.25) is 4.79 Å². The Morgan fingerprint density at radius 2 is 1.81 bits per heavy atom. The molecule has 0 radical (unpaired) electrons. The van der Waals surface area contributed by atoms with Crippen molar-refractivity contribution >= 4 is 50.3 Å². The maximum Gasteiger partial charge on any atom is 0.282 e. The quantitative estimate of drug-likeness (QED) is 0.245. The van der Waals surface area contributed by atoms with Crippen LogP contribution in [0.2, 0.25) is 5.02 Å². The average molecular weight is 568 g/mol. The monoisotopic (exact) mass is 566 g/mol. The van der Waals surface area contributed by atoms with Gasteiger partial charge in [-0.15, -0.1) is 0 Å². The lowest BCUT2D eigenvalue weighted by atomic mass is 9.95. The van der Waals surface area contributed by atoms with Crippen molar-refractivity contribution in [3.63, 3.8) is 0 Å². The number of ether oxygens (including phenoxy) is 1. The molecule has 4 aromatic rings. The summed E-state index contributed by atoms with van der Waals surface area (Å²) in [5.74, 6) is 1.23. The van der Waals surface area contributed by atoms with Crippen molar-refractivity contribution in [2.75, 3.05) is 19.0 Å². The predicted molar refractivity (Wildman–Crippen MR) is 152 cm³/mol. The Morgan fingerprint density at radius 1 is 1.08 bits per heavy atom. The summed E-state index contributed by atoms with van der Waals surface area (Å²) in [6, 6.07) is 18.9. The Bertz CT molecular complexity index is 1490. The van der Waals surface area contributed by atoms with Gasteiger partial charge in [-0.2, -0.15) is 9.78 Å². The number of nitrogens with zero attached hydrogens (tertiary/aromatic N) is 4. The van der Waals surface area contributed by atoms with Crippen molar-refractivity contribution in [3.05, 3.63) is 97.5 Å². The lowest BCUT2D eigenvalue weighted by molar-refractivity contribution is 0.306. The molecule has 0 fully saturated rings. The van der Waals surface area contributed by atoms with Crippen molar-refractivity contribution in [3.8, 4) is 5.75 Å². The molecule has 36 heavy (non-hydrogen) atoms. The molecule has 0 unspecified atom stereocenters. The van der Waals surface area contributed by atoms with Gasteiger partial charge in [0.1, 0.15) is 18.2 Å². The minimum absolute atomic E-state index is 0.226. The Hall–Kier alpha value is -3.16. The molecule has 0 saturated carbocycles. The van der Waals surface area contributed by atoms with Crippen LogP contribution < -0.4 is 15.2 Å². The molecule has 0 bridgehead atoms. The number of anilines is 1. The fraction of sp³-hybridized carbons (Fsp3) is 0.250. The maximum absolute atomic E-state index is 13.5. The summed E-state index contributed by atoms with van der Waals surface area (Å²) in [7, 11) is 3.94. The van der Waals surface area contributed by atoms with Crippen LogP contribution in [0.1, 0.15) is 37.7 Å². The van der Waals surface area contributed by atoms with Crippen LogP contribution in [0.3, 0.4) is 0 Å². The Kier molecular flexibility index (Phi) is 7.52. The van der Waals surface area contributed by atoms with Gasteiger partial charge < -0.3 is 9.64 Å². The summed E-state index contributed by atoms with van der Waals surface area (Å²) in [4.78, 5) is 20.3. The van der Waals surface area contributed by atoms with Gasteiger partial charge in [0.25, 0.3) is 5.56 Å². The predicted octanol–water partition coefficient (Wildman–Crippen LogP) is 6.64. The fourth-order valence-corrected chi connectivity index (χ4v) is 4.12. The lowest BCUT2D eigenvalue weighted by Crippen LogP contribution is -2.29. The molecular formula is C28H28BrClN4O2. The van der Waals surface area contributed by atoms with Crippen LogP contribution >= 0.6 is 27.5 Å². The first-order chi connectivity index (χ1) is 17.0. The van der Waals surface area contributed by atoms with Crippen LogP contribution in [0, 0.1) is 0 Å². The molecule has 8 heteroatoms. The third kappa shape index (κ3) is 5.79. The maximum atomic E-state index is 13.5. The van der Waals surface area contributed by atoms with Crippen molar-refractivity contribution in [1.29, 1.82) is 0 Å². The molecule has 4 rings (SSSR count). The minimum Gasteiger partial charge on any atom is -0.488 e.